The zero-order chi connectivity index (χ0) is 18.1. The lowest BCUT2D eigenvalue weighted by atomic mass is 9.44. The summed E-state index contributed by atoms with van der Waals surface area (Å²) in [6.07, 6.45) is 6.12. The Kier molecular flexibility index (Phi) is 4.11. The van der Waals surface area contributed by atoms with Gasteiger partial charge in [-0.15, -0.1) is 0 Å². The number of fused-ring (bicyclic) bond motifs is 5. The molecule has 0 N–H and O–H groups in total. The fraction of sp³-hybridized carbons (Fsp3) is 0.857. The number of carbonyl (C=O) groups excluding carboxylic acids is 3. The van der Waals surface area contributed by atoms with Crippen LogP contribution in [0.4, 0.5) is 0 Å². The number of Topliss-reactive ketones (excluding diaryl/α,β-unsaturated/α-hetero) is 3. The lowest BCUT2D eigenvalue weighted by Gasteiger charge is -2.59. The molecule has 0 aliphatic heterocycles. The van der Waals surface area contributed by atoms with E-state index in [1.54, 1.807) is 6.92 Å². The third-order valence-electron chi connectivity index (χ3n) is 8.69. The molecule has 0 heterocycles. The first-order chi connectivity index (χ1) is 11.7. The van der Waals surface area contributed by atoms with Crippen LogP contribution in [0, 0.1) is 40.4 Å². The molecule has 4 aliphatic rings. The molecule has 0 aromatic rings. The molecule has 0 radical (unpaired) electrons. The van der Waals surface area contributed by atoms with Crippen molar-refractivity contribution < 1.29 is 14.4 Å². The van der Waals surface area contributed by atoms with E-state index in [1.807, 2.05) is 0 Å². The van der Waals surface area contributed by atoms with Crippen molar-refractivity contribution in [2.75, 3.05) is 0 Å². The molecule has 8 atom stereocenters. The lowest BCUT2D eigenvalue weighted by molar-refractivity contribution is -0.160. The van der Waals surface area contributed by atoms with Crippen LogP contribution in [-0.2, 0) is 14.4 Å². The Morgan fingerprint density at radius 3 is 2.36 bits per heavy atom. The Hall–Kier alpha value is -0.510. The molecule has 25 heavy (non-hydrogen) atoms. The molecule has 2 unspecified atom stereocenters. The summed E-state index contributed by atoms with van der Waals surface area (Å²) in [5.74, 6) is 2.28. The third kappa shape index (κ3) is 2.31. The molecule has 0 aromatic heterocycles. The predicted molar refractivity (Wildman–Crippen MR) is 99.4 cm³/mol. The van der Waals surface area contributed by atoms with E-state index < -0.39 is 0 Å². The third-order valence-corrected chi connectivity index (χ3v) is 9.84. The lowest BCUT2D eigenvalue weighted by Crippen LogP contribution is -2.59. The minimum absolute atomic E-state index is 0.0578. The first kappa shape index (κ1) is 17.9. The highest BCUT2D eigenvalue weighted by molar-refractivity contribution is 9.10. The van der Waals surface area contributed by atoms with Crippen molar-refractivity contribution >= 4 is 33.3 Å². The Morgan fingerprint density at radius 2 is 1.68 bits per heavy atom. The molecule has 4 fully saturated rings. The number of hydrogen-bond donors (Lipinski definition) is 0. The van der Waals surface area contributed by atoms with E-state index in [-0.39, 0.29) is 39.2 Å². The number of alkyl halides is 1. The number of halogens is 1. The van der Waals surface area contributed by atoms with E-state index in [2.05, 4.69) is 29.8 Å². The van der Waals surface area contributed by atoms with Gasteiger partial charge in [0.2, 0.25) is 0 Å². The van der Waals surface area contributed by atoms with Gasteiger partial charge in [0.25, 0.3) is 0 Å². The van der Waals surface area contributed by atoms with E-state index in [0.717, 1.165) is 32.1 Å². The number of rotatable bonds is 1. The SMILES string of the molecule is CC(=O)[C@H]1CC[C@H]2[C@@H]3CCC4C(Br)C(=O)CC[C@]4(C)[C@H]3C(=O)C[C@]12C. The van der Waals surface area contributed by atoms with Gasteiger partial charge in [-0.3, -0.25) is 14.4 Å². The maximum Gasteiger partial charge on any atom is 0.146 e. The van der Waals surface area contributed by atoms with Gasteiger partial charge in [-0.25, -0.2) is 0 Å². The second-order valence-electron chi connectivity index (χ2n) is 9.70. The van der Waals surface area contributed by atoms with E-state index in [9.17, 15) is 14.4 Å². The highest BCUT2D eigenvalue weighted by Gasteiger charge is 2.64. The molecule has 4 rings (SSSR count). The van der Waals surface area contributed by atoms with Crippen LogP contribution in [0.5, 0.6) is 0 Å². The molecule has 0 spiro atoms. The van der Waals surface area contributed by atoms with Crippen molar-refractivity contribution in [2.24, 2.45) is 40.4 Å². The van der Waals surface area contributed by atoms with Crippen molar-refractivity contribution in [3.63, 3.8) is 0 Å². The normalized spacial score (nSPS) is 52.3. The Labute approximate surface area is 158 Å². The molecule has 4 heteroatoms. The maximum atomic E-state index is 13.4. The highest BCUT2D eigenvalue weighted by atomic mass is 79.9. The topological polar surface area (TPSA) is 51.2 Å². The molecular formula is C21H29BrO3. The van der Waals surface area contributed by atoms with Crippen LogP contribution in [0.2, 0.25) is 0 Å². The molecule has 3 nitrogen and oxygen atoms in total. The molecule has 0 amide bonds. The minimum Gasteiger partial charge on any atom is -0.300 e. The van der Waals surface area contributed by atoms with Gasteiger partial charge in [-0.2, -0.15) is 0 Å². The largest absolute Gasteiger partial charge is 0.300 e. The van der Waals surface area contributed by atoms with Gasteiger partial charge < -0.3 is 0 Å². The summed E-state index contributed by atoms with van der Waals surface area (Å²) in [6.45, 7) is 6.18. The van der Waals surface area contributed by atoms with E-state index in [0.29, 0.717) is 36.2 Å². The van der Waals surface area contributed by atoms with Crippen LogP contribution in [0.1, 0.15) is 65.7 Å². The Balaban J connectivity index is 1.71. The first-order valence-electron chi connectivity index (χ1n) is 9.90. The molecule has 0 aromatic carbocycles. The quantitative estimate of drug-likeness (QED) is 0.605. The summed E-state index contributed by atoms with van der Waals surface area (Å²) >= 11 is 3.66. The van der Waals surface area contributed by atoms with Gasteiger partial charge in [0.15, 0.2) is 0 Å². The van der Waals surface area contributed by atoms with Gasteiger partial charge >= 0.3 is 0 Å². The van der Waals surface area contributed by atoms with Crippen LogP contribution in [0.15, 0.2) is 0 Å². The fourth-order valence-electron chi connectivity index (χ4n) is 7.58. The average molecular weight is 409 g/mol. The number of ketones is 3. The Bertz CT molecular complexity index is 643. The maximum absolute atomic E-state index is 13.4. The van der Waals surface area contributed by atoms with Crippen LogP contribution in [0.3, 0.4) is 0 Å². The summed E-state index contributed by atoms with van der Waals surface area (Å²) in [5, 5.41) is 0. The van der Waals surface area contributed by atoms with Gasteiger partial charge in [-0.1, -0.05) is 29.8 Å². The zero-order valence-electron chi connectivity index (χ0n) is 15.5. The molecular weight excluding hydrogens is 380 g/mol. The van der Waals surface area contributed by atoms with Crippen LogP contribution < -0.4 is 0 Å². The minimum atomic E-state index is -0.133. The van der Waals surface area contributed by atoms with Gasteiger partial charge in [0, 0.05) is 24.7 Å². The van der Waals surface area contributed by atoms with Crippen molar-refractivity contribution in [2.45, 2.75) is 70.5 Å². The second kappa shape index (κ2) is 5.74. The van der Waals surface area contributed by atoms with Crippen molar-refractivity contribution in [3.8, 4) is 0 Å². The smallest absolute Gasteiger partial charge is 0.146 e. The summed E-state index contributed by atoms with van der Waals surface area (Å²) in [5.41, 5.74) is -0.191. The van der Waals surface area contributed by atoms with Crippen LogP contribution >= 0.6 is 15.9 Å². The monoisotopic (exact) mass is 408 g/mol. The molecule has 4 saturated carbocycles. The summed E-state index contributed by atoms with van der Waals surface area (Å²) in [6, 6.07) is 0. The van der Waals surface area contributed by atoms with E-state index in [4.69, 9.17) is 0 Å². The summed E-state index contributed by atoms with van der Waals surface area (Å²) < 4.78 is 0. The average Bonchev–Trinajstić information content (AvgIpc) is 2.88. The van der Waals surface area contributed by atoms with Crippen LogP contribution in [0.25, 0.3) is 0 Å². The molecule has 4 aliphatic carbocycles. The van der Waals surface area contributed by atoms with Crippen LogP contribution in [-0.4, -0.2) is 22.2 Å². The number of carbonyl (C=O) groups is 3. The highest BCUT2D eigenvalue weighted by Crippen LogP contribution is 2.66. The molecule has 0 saturated heterocycles. The van der Waals surface area contributed by atoms with Crippen molar-refractivity contribution in [3.05, 3.63) is 0 Å². The van der Waals surface area contributed by atoms with Crippen molar-refractivity contribution in [1.29, 1.82) is 0 Å². The summed E-state index contributed by atoms with van der Waals surface area (Å²) in [4.78, 5) is 37.7. The van der Waals surface area contributed by atoms with E-state index in [1.165, 1.54) is 0 Å². The van der Waals surface area contributed by atoms with Gasteiger partial charge in [0.1, 0.15) is 17.3 Å². The number of hydrogen-bond acceptors (Lipinski definition) is 3. The predicted octanol–water partition coefficient (Wildman–Crippen LogP) is 4.36. The Morgan fingerprint density at radius 1 is 1.00 bits per heavy atom. The molecule has 0 bridgehead atoms. The van der Waals surface area contributed by atoms with Gasteiger partial charge in [-0.05, 0) is 67.6 Å². The van der Waals surface area contributed by atoms with Crippen molar-refractivity contribution in [1.82, 2.24) is 0 Å². The van der Waals surface area contributed by atoms with Gasteiger partial charge in [0.05, 0.1) is 4.83 Å². The standard InChI is InChI=1S/C21H29BrO3/c1-11(23)13-6-7-14-12-4-5-15-19(22)16(24)8-9-20(15,2)18(12)17(25)10-21(13,14)3/h12-15,18-19H,4-10H2,1-3H3/t12-,13+,14-,15?,18+,19?,20-,21+/m0/s1. The second-order valence-corrected chi connectivity index (χ2v) is 10.7. The van der Waals surface area contributed by atoms with E-state index >= 15 is 0 Å². The summed E-state index contributed by atoms with van der Waals surface area (Å²) in [7, 11) is 0. The first-order valence-corrected chi connectivity index (χ1v) is 10.8. The molecule has 138 valence electrons. The fourth-order valence-corrected chi connectivity index (χ4v) is 8.68. The zero-order valence-corrected chi connectivity index (χ0v) is 17.1.